The molecule has 4 fully saturated rings. The molecule has 0 aromatic carbocycles. The van der Waals surface area contributed by atoms with Gasteiger partial charge in [-0.05, 0) is 0 Å². The summed E-state index contributed by atoms with van der Waals surface area (Å²) in [5.41, 5.74) is 11.6. The summed E-state index contributed by atoms with van der Waals surface area (Å²) >= 11 is 0. The summed E-state index contributed by atoms with van der Waals surface area (Å²) in [4.78, 5) is 43.7. The number of nitrogens with two attached hydrogens (primary N) is 2. The van der Waals surface area contributed by atoms with Gasteiger partial charge in [0.25, 0.3) is 11.6 Å². The minimum absolute atomic E-state index is 0.810. The molecular weight excluding hydrogens is 811 g/mol. The molecular formula is C28H49N2O26P. The van der Waals surface area contributed by atoms with Crippen LogP contribution in [0.5, 0.6) is 0 Å². The first-order valence-electron chi connectivity index (χ1n) is 17.1. The lowest BCUT2D eigenvalue weighted by Crippen LogP contribution is -2.68. The van der Waals surface area contributed by atoms with Gasteiger partial charge in [-0.25, -0.2) is 14.2 Å². The fraction of sp³-hybridized carbons (Fsp3) is 0.929. The minimum atomic E-state index is -5.23. The highest BCUT2D eigenvalue weighted by molar-refractivity contribution is 7.46. The van der Waals surface area contributed by atoms with Crippen molar-refractivity contribution in [3.63, 3.8) is 0 Å². The Bertz CT molecular complexity index is 1410. The van der Waals surface area contributed by atoms with Crippen LogP contribution in [0.3, 0.4) is 0 Å². The molecule has 0 radical (unpaired) electrons. The van der Waals surface area contributed by atoms with Crippen LogP contribution in [-0.2, 0) is 51.8 Å². The van der Waals surface area contributed by atoms with Crippen molar-refractivity contribution in [2.24, 2.45) is 11.5 Å². The predicted octanol–water partition coefficient (Wildman–Crippen LogP) is -10.0. The van der Waals surface area contributed by atoms with Crippen LogP contribution < -0.4 is 11.5 Å². The van der Waals surface area contributed by atoms with Crippen LogP contribution in [0.1, 0.15) is 12.8 Å². The molecule has 0 aliphatic carbocycles. The van der Waals surface area contributed by atoms with Crippen LogP contribution >= 0.6 is 7.82 Å². The Morgan fingerprint density at radius 1 is 0.702 bits per heavy atom. The summed E-state index contributed by atoms with van der Waals surface area (Å²) in [6.45, 7) is -4.20. The molecule has 4 heterocycles. The van der Waals surface area contributed by atoms with Crippen molar-refractivity contribution in [1.29, 1.82) is 0 Å². The maximum atomic E-state index is 12.8. The number of phosphoric ester groups is 1. The fourth-order valence-electron chi connectivity index (χ4n) is 6.59. The van der Waals surface area contributed by atoms with Crippen molar-refractivity contribution in [3.8, 4) is 0 Å². The summed E-state index contributed by atoms with van der Waals surface area (Å²) < 4.78 is 53.8. The lowest BCUT2D eigenvalue weighted by molar-refractivity contribution is -0.378. The highest BCUT2D eigenvalue weighted by Crippen LogP contribution is 2.42. The summed E-state index contributed by atoms with van der Waals surface area (Å²) in [6.07, 6.45) is -33.8. The number of hydrogen-bond acceptors (Lipinski definition) is 24. The van der Waals surface area contributed by atoms with Gasteiger partial charge in [0.15, 0.2) is 12.6 Å². The van der Waals surface area contributed by atoms with Gasteiger partial charge >= 0.3 is 19.8 Å². The maximum Gasteiger partial charge on any atom is 0.471 e. The molecule has 4 saturated heterocycles. The van der Waals surface area contributed by atoms with Gasteiger partial charge in [0.1, 0.15) is 73.2 Å². The van der Waals surface area contributed by atoms with Crippen molar-refractivity contribution >= 4 is 19.8 Å². The van der Waals surface area contributed by atoms with E-state index in [0.29, 0.717) is 0 Å². The standard InChI is InChI=1S/C28H49N2O26P/c29-13-19(40)17(38)12(51-23(13)49-5-11-16(37)20(41)14(30)24(52-11)56-57(46,47)48)6-50-27(25(42)43)2-10(18(39)22(54-27)9(35)4-32)53-28(26(44)45)1-7(33)15(36)21(55-28)8(34)3-31/h7-24,31-41H,1-6,29-30H2,(H,42,43)(H,44,45)(H2,46,47,48). The Kier molecular flexibility index (Phi) is 15.9. The van der Waals surface area contributed by atoms with Gasteiger partial charge in [0.2, 0.25) is 0 Å². The van der Waals surface area contributed by atoms with Crippen molar-refractivity contribution < 1.29 is 128 Å². The lowest BCUT2D eigenvalue weighted by atomic mass is 9.90. The van der Waals surface area contributed by atoms with Gasteiger partial charge in [-0.2, -0.15) is 0 Å². The number of aliphatic carboxylic acids is 2. The number of rotatable bonds is 16. The Balaban J connectivity index is 1.56. The number of aliphatic hydroxyl groups is 11. The molecule has 0 saturated carbocycles. The van der Waals surface area contributed by atoms with Crippen molar-refractivity contribution in [2.75, 3.05) is 26.4 Å². The van der Waals surface area contributed by atoms with Crippen LogP contribution in [0.2, 0.25) is 0 Å². The number of hydrogen-bond donors (Lipinski definition) is 17. The second-order valence-electron chi connectivity index (χ2n) is 13.8. The maximum absolute atomic E-state index is 12.8. The Morgan fingerprint density at radius 3 is 1.68 bits per heavy atom. The third-order valence-electron chi connectivity index (χ3n) is 9.82. The van der Waals surface area contributed by atoms with Crippen LogP contribution in [-0.4, -0.2) is 236 Å². The largest absolute Gasteiger partial charge is 0.477 e. The molecule has 4 aliphatic rings. The van der Waals surface area contributed by atoms with E-state index in [-0.39, 0.29) is 0 Å². The fourth-order valence-corrected chi connectivity index (χ4v) is 7.05. The summed E-state index contributed by atoms with van der Waals surface area (Å²) in [5, 5.41) is 134. The molecule has 4 aliphatic heterocycles. The predicted molar refractivity (Wildman–Crippen MR) is 171 cm³/mol. The molecule has 29 heteroatoms. The normalized spacial score (nSPS) is 45.6. The number of carboxylic acid groups (broad SMARTS) is 2. The van der Waals surface area contributed by atoms with Crippen molar-refractivity contribution in [3.05, 3.63) is 0 Å². The number of phosphoric acid groups is 1. The van der Waals surface area contributed by atoms with E-state index in [1.54, 1.807) is 0 Å². The summed E-state index contributed by atoms with van der Waals surface area (Å²) in [6, 6.07) is -3.25. The Labute approximate surface area is 320 Å². The highest BCUT2D eigenvalue weighted by atomic mass is 31.2. The topological polar surface area (TPSA) is 481 Å². The third-order valence-corrected chi connectivity index (χ3v) is 10.3. The van der Waals surface area contributed by atoms with Gasteiger partial charge in [-0.3, -0.25) is 4.52 Å². The van der Waals surface area contributed by atoms with Crippen LogP contribution in [0, 0.1) is 0 Å². The first-order valence-corrected chi connectivity index (χ1v) is 18.6. The number of aliphatic hydroxyl groups excluding tert-OH is 11. The molecule has 332 valence electrons. The van der Waals surface area contributed by atoms with E-state index in [1.807, 2.05) is 0 Å². The molecule has 4 rings (SSSR count). The molecule has 0 bridgehead atoms. The summed E-state index contributed by atoms with van der Waals surface area (Å²) in [5.74, 6) is -10.3. The van der Waals surface area contributed by atoms with E-state index in [1.165, 1.54) is 0 Å². The number of carboxylic acids is 2. The van der Waals surface area contributed by atoms with E-state index in [9.17, 15) is 80.5 Å². The van der Waals surface area contributed by atoms with Gasteiger partial charge in [0.05, 0.1) is 50.7 Å². The van der Waals surface area contributed by atoms with Gasteiger partial charge < -0.3 is 121 Å². The molecule has 0 spiro atoms. The van der Waals surface area contributed by atoms with E-state index in [4.69, 9.17) is 54.4 Å². The molecule has 28 nitrogen and oxygen atoms in total. The molecule has 0 aromatic rings. The Hall–Kier alpha value is -1.75. The second kappa shape index (κ2) is 18.9. The molecule has 19 N–H and O–H groups in total. The average molecular weight is 861 g/mol. The Morgan fingerprint density at radius 2 is 1.18 bits per heavy atom. The van der Waals surface area contributed by atoms with Gasteiger partial charge in [-0.15, -0.1) is 0 Å². The zero-order chi connectivity index (χ0) is 42.9. The van der Waals surface area contributed by atoms with E-state index < -0.39 is 181 Å². The minimum Gasteiger partial charge on any atom is -0.477 e. The van der Waals surface area contributed by atoms with Gasteiger partial charge in [-0.1, -0.05) is 0 Å². The van der Waals surface area contributed by atoms with Crippen molar-refractivity contribution in [1.82, 2.24) is 0 Å². The lowest BCUT2D eigenvalue weighted by Gasteiger charge is -2.50. The zero-order valence-electron chi connectivity index (χ0n) is 29.4. The molecule has 57 heavy (non-hydrogen) atoms. The molecule has 0 amide bonds. The van der Waals surface area contributed by atoms with Crippen LogP contribution in [0.25, 0.3) is 0 Å². The highest BCUT2D eigenvalue weighted by Gasteiger charge is 2.61. The zero-order valence-corrected chi connectivity index (χ0v) is 30.3. The smallest absolute Gasteiger partial charge is 0.471 e. The van der Waals surface area contributed by atoms with Gasteiger partial charge in [0, 0.05) is 12.8 Å². The molecule has 20 atom stereocenters. The number of carbonyl (C=O) groups is 2. The first kappa shape index (κ1) is 47.9. The third kappa shape index (κ3) is 10.4. The van der Waals surface area contributed by atoms with Crippen LogP contribution in [0.4, 0.5) is 0 Å². The molecule has 20 unspecified atom stereocenters. The second-order valence-corrected chi connectivity index (χ2v) is 15.0. The van der Waals surface area contributed by atoms with E-state index in [2.05, 4.69) is 4.52 Å². The van der Waals surface area contributed by atoms with Crippen molar-refractivity contribution in [2.45, 2.75) is 135 Å². The molecule has 0 aromatic heterocycles. The van der Waals surface area contributed by atoms with E-state index >= 15 is 0 Å². The first-order chi connectivity index (χ1) is 26.4. The SMILES string of the molecule is NC1C(OCC2OC(OP(=O)(O)O)C(N)C(O)C2O)OC(COC2(C(=O)O)CC(OC3(C(=O)O)CC(O)C(O)C(C(O)CO)O3)C(O)C(C(O)CO)O2)C(O)C1O. The quantitative estimate of drug-likeness (QED) is 0.0641. The number of ether oxygens (including phenoxy) is 7. The monoisotopic (exact) mass is 860 g/mol. The van der Waals surface area contributed by atoms with E-state index in [0.717, 1.165) is 0 Å². The average Bonchev–Trinajstić information content (AvgIpc) is 3.14. The van der Waals surface area contributed by atoms with Crippen LogP contribution in [0.15, 0.2) is 0 Å². The summed E-state index contributed by atoms with van der Waals surface area (Å²) in [7, 11) is -5.23.